The zero-order valence-corrected chi connectivity index (χ0v) is 8.01. The maximum atomic E-state index is 6.00. The minimum absolute atomic E-state index is 0. The van der Waals surface area contributed by atoms with Gasteiger partial charge in [-0.3, -0.25) is 0 Å². The molecule has 0 spiro atoms. The average molecular weight is 154 g/mol. The van der Waals surface area contributed by atoms with Crippen LogP contribution in [0.15, 0.2) is 12.7 Å². The molecule has 0 N–H and O–H groups in total. The van der Waals surface area contributed by atoms with E-state index in [0.717, 1.165) is 0 Å². The van der Waals surface area contributed by atoms with Crippen molar-refractivity contribution >= 4 is 48.4 Å². The van der Waals surface area contributed by atoms with Gasteiger partial charge in [0.05, 0.1) is 0 Å². The molecule has 0 aromatic carbocycles. The van der Waals surface area contributed by atoms with Crippen LogP contribution in [0.5, 0.6) is 0 Å². The summed E-state index contributed by atoms with van der Waals surface area (Å²) < 4.78 is 0. The minimum atomic E-state index is 0. The molecule has 0 aromatic heterocycles. The molecule has 0 aliphatic rings. The standard InChI is InChI=1S/C3H10Si2.N2.Na.H/c1-2-3-5-4;1-2;;/h2H,1,3,5H2,4H3;;;. The molecule has 0 amide bonds. The van der Waals surface area contributed by atoms with Crippen LogP contribution in [0, 0.1) is 10.8 Å². The first-order chi connectivity index (χ1) is 3.41. The van der Waals surface area contributed by atoms with Crippen LogP contribution < -0.4 is 0 Å². The van der Waals surface area contributed by atoms with Crippen LogP contribution >= 0.6 is 0 Å². The SMILES string of the molecule is C=CC[SiH2][SiH3].N#N.[NaH]. The molecule has 2 nitrogen and oxygen atoms in total. The molecule has 0 aromatic rings. The van der Waals surface area contributed by atoms with Crippen molar-refractivity contribution < 1.29 is 0 Å². The summed E-state index contributed by atoms with van der Waals surface area (Å²) >= 11 is 0. The van der Waals surface area contributed by atoms with E-state index in [9.17, 15) is 0 Å². The van der Waals surface area contributed by atoms with E-state index in [2.05, 4.69) is 6.58 Å². The van der Waals surface area contributed by atoms with Crippen molar-refractivity contribution in [3.05, 3.63) is 12.7 Å². The molecule has 0 rings (SSSR count). The fourth-order valence-electron chi connectivity index (χ4n) is 0.204. The van der Waals surface area contributed by atoms with Gasteiger partial charge in [0, 0.05) is 19.8 Å². The van der Waals surface area contributed by atoms with Crippen LogP contribution in [0.2, 0.25) is 6.04 Å². The third-order valence-corrected chi connectivity index (χ3v) is 3.21. The summed E-state index contributed by atoms with van der Waals surface area (Å²) in [6.07, 6.45) is 2.03. The van der Waals surface area contributed by atoms with Gasteiger partial charge in [-0.05, 0) is 15.8 Å². The van der Waals surface area contributed by atoms with Gasteiger partial charge in [-0.25, -0.2) is 0 Å². The van der Waals surface area contributed by atoms with Gasteiger partial charge in [0.1, 0.15) is 0 Å². The second kappa shape index (κ2) is 25.6. The Morgan fingerprint density at radius 1 is 1.62 bits per heavy atom. The van der Waals surface area contributed by atoms with Crippen molar-refractivity contribution in [2.45, 2.75) is 6.04 Å². The number of hydrogen-bond donors (Lipinski definition) is 0. The topological polar surface area (TPSA) is 47.6 Å². The molecule has 0 saturated heterocycles. The van der Waals surface area contributed by atoms with Crippen LogP contribution in [-0.4, -0.2) is 48.4 Å². The van der Waals surface area contributed by atoms with E-state index < -0.39 is 0 Å². The molecule has 0 radical (unpaired) electrons. The third-order valence-electron chi connectivity index (χ3n) is 0.493. The van der Waals surface area contributed by atoms with E-state index in [1.165, 1.54) is 15.8 Å². The molecule has 0 fully saturated rings. The zero-order valence-electron chi connectivity index (χ0n) is 4.59. The first-order valence-corrected chi connectivity index (χ1v) is 8.88. The molecule has 8 heavy (non-hydrogen) atoms. The van der Waals surface area contributed by atoms with Crippen LogP contribution in [0.4, 0.5) is 0 Å². The van der Waals surface area contributed by atoms with Crippen molar-refractivity contribution in [3.8, 4) is 0 Å². The maximum absolute atomic E-state index is 6.00. The Balaban J connectivity index is -0.0000000750. The van der Waals surface area contributed by atoms with E-state index in [-0.39, 0.29) is 29.6 Å². The Hall–Kier alpha value is 0.594. The van der Waals surface area contributed by atoms with Crippen LogP contribution in [0.1, 0.15) is 0 Å². The summed E-state index contributed by atoms with van der Waals surface area (Å²) in [5.41, 5.74) is 0. The summed E-state index contributed by atoms with van der Waals surface area (Å²) in [7, 11) is 1.90. The normalized spacial score (nSPS) is 6.75. The summed E-state index contributed by atoms with van der Waals surface area (Å²) in [5.74, 6) is 0. The van der Waals surface area contributed by atoms with Gasteiger partial charge in [-0.15, -0.1) is 6.58 Å². The Morgan fingerprint density at radius 2 is 2.00 bits per heavy atom. The van der Waals surface area contributed by atoms with Gasteiger partial charge < -0.3 is 0 Å². The molecule has 0 heterocycles. The first-order valence-electron chi connectivity index (χ1n) is 2.22. The Morgan fingerprint density at radius 3 is 2.00 bits per heavy atom. The van der Waals surface area contributed by atoms with E-state index in [0.29, 0.717) is 9.04 Å². The van der Waals surface area contributed by atoms with Crippen molar-refractivity contribution in [1.82, 2.24) is 0 Å². The van der Waals surface area contributed by atoms with Crippen molar-refractivity contribution in [1.29, 1.82) is 10.8 Å². The third kappa shape index (κ3) is 30.7. The van der Waals surface area contributed by atoms with Gasteiger partial charge in [-0.1, -0.05) is 6.08 Å². The molecule has 0 aliphatic heterocycles. The fourth-order valence-corrected chi connectivity index (χ4v) is 1.84. The zero-order chi connectivity index (χ0) is 6.12. The number of rotatable bonds is 2. The predicted octanol–water partition coefficient (Wildman–Crippen LogP) is -1.58. The quantitative estimate of drug-likeness (QED) is 0.274. The molecule has 0 atom stereocenters. The number of allylic oxidation sites excluding steroid dienone is 1. The summed E-state index contributed by atoms with van der Waals surface area (Å²) in [4.78, 5) is 0. The monoisotopic (exact) mass is 154 g/mol. The Labute approximate surface area is 77.5 Å². The van der Waals surface area contributed by atoms with Crippen molar-refractivity contribution in [3.63, 3.8) is 0 Å². The van der Waals surface area contributed by atoms with Crippen LogP contribution in [-0.2, 0) is 0 Å². The first kappa shape index (κ1) is 15.8. The van der Waals surface area contributed by atoms with Gasteiger partial charge in [-0.2, -0.15) is 0 Å². The van der Waals surface area contributed by atoms with E-state index in [4.69, 9.17) is 10.8 Å². The molecule has 5 heteroatoms. The molecular formula is C3H11N2NaSi2. The van der Waals surface area contributed by atoms with E-state index in [1.807, 2.05) is 6.08 Å². The second-order valence-electron chi connectivity index (χ2n) is 1.08. The van der Waals surface area contributed by atoms with Crippen LogP contribution in [0.3, 0.4) is 0 Å². The summed E-state index contributed by atoms with van der Waals surface area (Å²) in [6.45, 7) is 3.61. The number of hydrogen-bond acceptors (Lipinski definition) is 2. The van der Waals surface area contributed by atoms with Crippen LogP contribution in [0.25, 0.3) is 0 Å². The Bertz CT molecular complexity index is 56.5. The molecule has 0 bridgehead atoms. The van der Waals surface area contributed by atoms with Gasteiger partial charge in [0.2, 0.25) is 0 Å². The van der Waals surface area contributed by atoms with Gasteiger partial charge >= 0.3 is 29.6 Å². The molecular weight excluding hydrogens is 143 g/mol. The molecule has 0 aliphatic carbocycles. The van der Waals surface area contributed by atoms with E-state index in [1.54, 1.807) is 0 Å². The molecule has 0 saturated carbocycles. The van der Waals surface area contributed by atoms with Gasteiger partial charge in [0.25, 0.3) is 0 Å². The van der Waals surface area contributed by atoms with E-state index >= 15 is 0 Å². The van der Waals surface area contributed by atoms with Crippen molar-refractivity contribution in [2.24, 2.45) is 0 Å². The summed E-state index contributed by atoms with van der Waals surface area (Å²) in [5, 5.41) is 12.0. The average Bonchev–Trinajstić information content (AvgIpc) is 1.75. The van der Waals surface area contributed by atoms with Crippen molar-refractivity contribution in [2.75, 3.05) is 0 Å². The predicted molar refractivity (Wildman–Crippen MR) is 44.1 cm³/mol. The molecule has 0 unspecified atom stereocenters. The fraction of sp³-hybridized carbons (Fsp3) is 0.333. The second-order valence-corrected chi connectivity index (χ2v) is 5.65. The molecule has 42 valence electrons. The van der Waals surface area contributed by atoms with Gasteiger partial charge in [0.15, 0.2) is 0 Å². The number of nitrogens with zero attached hydrogens (tertiary/aromatic N) is 2. The summed E-state index contributed by atoms with van der Waals surface area (Å²) in [6, 6.07) is 1.35. The Kier molecular flexibility index (Phi) is 50.6.